The van der Waals surface area contributed by atoms with Gasteiger partial charge in [0, 0.05) is 4.47 Å². The molecule has 0 spiro atoms. The van der Waals surface area contributed by atoms with Crippen LogP contribution in [0.15, 0.2) is 27.6 Å². The van der Waals surface area contributed by atoms with Gasteiger partial charge in [-0.25, -0.2) is 8.42 Å². The fourth-order valence-corrected chi connectivity index (χ4v) is 3.15. The van der Waals surface area contributed by atoms with Crippen molar-refractivity contribution in [2.24, 2.45) is 0 Å². The molecule has 0 radical (unpaired) electrons. The number of sulfonamides is 1. The second-order valence-corrected chi connectivity index (χ2v) is 6.47. The van der Waals surface area contributed by atoms with E-state index in [0.717, 1.165) is 0 Å². The molecule has 8 heteroatoms. The van der Waals surface area contributed by atoms with E-state index in [9.17, 15) is 13.2 Å². The molecule has 0 saturated heterocycles. The standard InChI is InChI=1S/C10H11BrClNO4S/c1-2-9(10(14)15)13-18(16,17)6-3-4-8(12)7(11)5-6/h3-5,9,13H,2H2,1H3,(H,14,15)/t9-/m1/s1. The molecule has 0 saturated carbocycles. The number of aliphatic carboxylic acids is 1. The van der Waals surface area contributed by atoms with Crippen LogP contribution in [0.3, 0.4) is 0 Å². The quantitative estimate of drug-likeness (QED) is 0.847. The van der Waals surface area contributed by atoms with Crippen LogP contribution in [0.1, 0.15) is 13.3 Å². The Morgan fingerprint density at radius 2 is 2.17 bits per heavy atom. The van der Waals surface area contributed by atoms with Crippen molar-refractivity contribution in [3.05, 3.63) is 27.7 Å². The van der Waals surface area contributed by atoms with E-state index in [1.54, 1.807) is 6.92 Å². The van der Waals surface area contributed by atoms with Gasteiger partial charge in [0.2, 0.25) is 10.0 Å². The lowest BCUT2D eigenvalue weighted by atomic mass is 10.2. The summed E-state index contributed by atoms with van der Waals surface area (Å²) in [7, 11) is -3.88. The Morgan fingerprint density at radius 3 is 2.61 bits per heavy atom. The molecule has 0 aliphatic carbocycles. The molecule has 1 atom stereocenters. The lowest BCUT2D eigenvalue weighted by molar-refractivity contribution is -0.139. The molecule has 0 heterocycles. The molecule has 100 valence electrons. The molecule has 0 unspecified atom stereocenters. The molecule has 1 rings (SSSR count). The van der Waals surface area contributed by atoms with Gasteiger partial charge in [0.1, 0.15) is 6.04 Å². The lowest BCUT2D eigenvalue weighted by Crippen LogP contribution is -2.40. The van der Waals surface area contributed by atoms with E-state index in [2.05, 4.69) is 20.7 Å². The van der Waals surface area contributed by atoms with Crippen molar-refractivity contribution < 1.29 is 18.3 Å². The molecule has 18 heavy (non-hydrogen) atoms. The topological polar surface area (TPSA) is 83.5 Å². The minimum atomic E-state index is -3.88. The van der Waals surface area contributed by atoms with Crippen LogP contribution >= 0.6 is 27.5 Å². The number of carboxylic acids is 1. The zero-order valence-electron chi connectivity index (χ0n) is 9.35. The van der Waals surface area contributed by atoms with Crippen molar-refractivity contribution in [3.63, 3.8) is 0 Å². The number of rotatable bonds is 5. The van der Waals surface area contributed by atoms with Crippen molar-refractivity contribution in [2.75, 3.05) is 0 Å². The van der Waals surface area contributed by atoms with Crippen LogP contribution < -0.4 is 4.72 Å². The summed E-state index contributed by atoms with van der Waals surface area (Å²) in [5, 5.41) is 9.20. The van der Waals surface area contributed by atoms with Crippen molar-refractivity contribution in [1.82, 2.24) is 4.72 Å². The predicted octanol–water partition coefficient (Wildman–Crippen LogP) is 2.24. The highest BCUT2D eigenvalue weighted by atomic mass is 79.9. The molecule has 0 bridgehead atoms. The van der Waals surface area contributed by atoms with Gasteiger partial charge < -0.3 is 5.11 Å². The van der Waals surface area contributed by atoms with Crippen LogP contribution in [0.5, 0.6) is 0 Å². The second kappa shape index (κ2) is 6.01. The molecule has 0 amide bonds. The molecule has 2 N–H and O–H groups in total. The normalized spacial score (nSPS) is 13.3. The summed E-state index contributed by atoms with van der Waals surface area (Å²) >= 11 is 8.87. The molecule has 1 aromatic carbocycles. The third-order valence-corrected chi connectivity index (χ3v) is 4.89. The average Bonchev–Trinajstić information content (AvgIpc) is 2.29. The van der Waals surface area contributed by atoms with Gasteiger partial charge in [-0.3, -0.25) is 4.79 Å². The van der Waals surface area contributed by atoms with E-state index in [0.29, 0.717) is 9.50 Å². The van der Waals surface area contributed by atoms with E-state index < -0.39 is 22.0 Å². The van der Waals surface area contributed by atoms with Crippen LogP contribution in [0.4, 0.5) is 0 Å². The first kappa shape index (κ1) is 15.4. The number of hydrogen-bond acceptors (Lipinski definition) is 3. The van der Waals surface area contributed by atoms with Gasteiger partial charge in [0.25, 0.3) is 0 Å². The minimum Gasteiger partial charge on any atom is -0.480 e. The molecule has 5 nitrogen and oxygen atoms in total. The van der Waals surface area contributed by atoms with Crippen LogP contribution in [0.2, 0.25) is 5.02 Å². The van der Waals surface area contributed by atoms with E-state index in [-0.39, 0.29) is 11.3 Å². The van der Waals surface area contributed by atoms with Crippen LogP contribution in [-0.4, -0.2) is 25.5 Å². The fraction of sp³-hybridized carbons (Fsp3) is 0.300. The average molecular weight is 357 g/mol. The number of carboxylic acid groups (broad SMARTS) is 1. The van der Waals surface area contributed by atoms with Crippen molar-refractivity contribution in [1.29, 1.82) is 0 Å². The van der Waals surface area contributed by atoms with Gasteiger partial charge in [-0.2, -0.15) is 4.72 Å². The molecule has 0 aliphatic rings. The summed E-state index contributed by atoms with van der Waals surface area (Å²) in [6, 6.07) is 2.90. The summed E-state index contributed by atoms with van der Waals surface area (Å²) < 4.78 is 26.4. The van der Waals surface area contributed by atoms with Gasteiger partial charge in [0.05, 0.1) is 9.92 Å². The molecular weight excluding hydrogens is 346 g/mol. The summed E-state index contributed by atoms with van der Waals surface area (Å²) in [5.74, 6) is -1.21. The zero-order chi connectivity index (χ0) is 13.9. The first-order chi connectivity index (χ1) is 8.27. The fourth-order valence-electron chi connectivity index (χ4n) is 1.21. The third kappa shape index (κ3) is 3.68. The van der Waals surface area contributed by atoms with E-state index >= 15 is 0 Å². The highest BCUT2D eigenvalue weighted by Crippen LogP contribution is 2.25. The highest BCUT2D eigenvalue weighted by molar-refractivity contribution is 9.10. The first-order valence-corrected chi connectivity index (χ1v) is 7.63. The maximum atomic E-state index is 11.9. The third-order valence-electron chi connectivity index (χ3n) is 2.21. The second-order valence-electron chi connectivity index (χ2n) is 3.50. The largest absolute Gasteiger partial charge is 0.480 e. The Bertz CT molecular complexity index is 561. The van der Waals surface area contributed by atoms with Crippen LogP contribution in [0, 0.1) is 0 Å². The van der Waals surface area contributed by atoms with E-state index in [1.165, 1.54) is 18.2 Å². The molecule has 1 aromatic rings. The SMILES string of the molecule is CC[C@@H](NS(=O)(=O)c1ccc(Cl)c(Br)c1)C(=O)O. The smallest absolute Gasteiger partial charge is 0.321 e. The number of benzene rings is 1. The predicted molar refractivity (Wildman–Crippen MR) is 71.2 cm³/mol. The number of halogens is 2. The van der Waals surface area contributed by atoms with Crippen LogP contribution in [-0.2, 0) is 14.8 Å². The number of carbonyl (C=O) groups is 1. The summed E-state index contributed by atoms with van der Waals surface area (Å²) in [5.41, 5.74) is 0. The van der Waals surface area contributed by atoms with Gasteiger partial charge in [-0.05, 0) is 40.5 Å². The molecular formula is C10H11BrClNO4S. The van der Waals surface area contributed by atoms with Crippen molar-refractivity contribution in [2.45, 2.75) is 24.3 Å². The Hall–Kier alpha value is -0.630. The zero-order valence-corrected chi connectivity index (χ0v) is 12.5. The minimum absolute atomic E-state index is 0.0431. The van der Waals surface area contributed by atoms with E-state index in [1.807, 2.05) is 0 Å². The molecule has 0 aliphatic heterocycles. The lowest BCUT2D eigenvalue weighted by Gasteiger charge is -2.13. The number of hydrogen-bond donors (Lipinski definition) is 2. The molecule has 0 aromatic heterocycles. The van der Waals surface area contributed by atoms with Gasteiger partial charge in [-0.15, -0.1) is 0 Å². The maximum absolute atomic E-state index is 11.9. The maximum Gasteiger partial charge on any atom is 0.321 e. The Morgan fingerprint density at radius 1 is 1.56 bits per heavy atom. The van der Waals surface area contributed by atoms with Crippen molar-refractivity contribution >= 4 is 43.5 Å². The van der Waals surface area contributed by atoms with Crippen molar-refractivity contribution in [3.8, 4) is 0 Å². The summed E-state index contributed by atoms with van der Waals surface area (Å²) in [6.07, 6.45) is 0.156. The Kier molecular flexibility index (Phi) is 5.15. The highest BCUT2D eigenvalue weighted by Gasteiger charge is 2.24. The monoisotopic (exact) mass is 355 g/mol. The Balaban J connectivity index is 3.06. The molecule has 0 fully saturated rings. The van der Waals surface area contributed by atoms with Gasteiger partial charge in [-0.1, -0.05) is 18.5 Å². The first-order valence-electron chi connectivity index (χ1n) is 4.98. The summed E-state index contributed by atoms with van der Waals surface area (Å²) in [6.45, 7) is 1.58. The van der Waals surface area contributed by atoms with Crippen LogP contribution in [0.25, 0.3) is 0 Å². The number of nitrogens with one attached hydrogen (secondary N) is 1. The van der Waals surface area contributed by atoms with Gasteiger partial charge in [0.15, 0.2) is 0 Å². The summed E-state index contributed by atoms with van der Waals surface area (Å²) in [4.78, 5) is 10.8. The van der Waals surface area contributed by atoms with E-state index in [4.69, 9.17) is 16.7 Å². The Labute approximate surface area is 118 Å². The van der Waals surface area contributed by atoms with Gasteiger partial charge >= 0.3 is 5.97 Å².